The highest BCUT2D eigenvalue weighted by Gasteiger charge is 2.11. The van der Waals surface area contributed by atoms with Gasteiger partial charge in [0.15, 0.2) is 0 Å². The normalized spacial score (nSPS) is 13.8. The molecule has 0 radical (unpaired) electrons. The molecule has 0 aromatic rings. The summed E-state index contributed by atoms with van der Waals surface area (Å²) in [5.41, 5.74) is 0. The smallest absolute Gasteiger partial charge is 0.338 e. The molecule has 0 atom stereocenters. The maximum absolute atomic E-state index is 10.1. The van der Waals surface area contributed by atoms with Gasteiger partial charge in [-0.1, -0.05) is 5.11 Å². The van der Waals surface area contributed by atoms with Gasteiger partial charge in [0.2, 0.25) is 0 Å². The van der Waals surface area contributed by atoms with Crippen LogP contribution in [0.15, 0.2) is 15.4 Å². The molecule has 1 heterocycles. The summed E-state index contributed by atoms with van der Waals surface area (Å²) < 4.78 is 0. The van der Waals surface area contributed by atoms with Crippen molar-refractivity contribution in [3.05, 3.63) is 0 Å². The highest BCUT2D eigenvalue weighted by Crippen LogP contribution is 1.86. The van der Waals surface area contributed by atoms with Crippen LogP contribution >= 0.6 is 0 Å². The number of hydrogen-bond acceptors (Lipinski definition) is 5. The molecule has 7 nitrogen and oxygen atoms in total. The van der Waals surface area contributed by atoms with Crippen LogP contribution in [0, 0.1) is 0 Å². The zero-order valence-corrected chi connectivity index (χ0v) is 6.09. The van der Waals surface area contributed by atoms with Crippen LogP contribution < -0.4 is 0 Å². The summed E-state index contributed by atoms with van der Waals surface area (Å²) in [7, 11) is 0. The van der Waals surface area contributed by atoms with E-state index >= 15 is 0 Å². The van der Waals surface area contributed by atoms with Crippen molar-refractivity contribution in [1.82, 2.24) is 0 Å². The second-order valence-electron chi connectivity index (χ2n) is 1.62. The van der Waals surface area contributed by atoms with Crippen molar-refractivity contribution in [1.29, 1.82) is 0 Å². The Morgan fingerprint density at radius 3 is 2.25 bits per heavy atom. The summed E-state index contributed by atoms with van der Waals surface area (Å²) in [6.45, 7) is 1.08. The standard InChI is InChI=1S/C3HN3O2.C2H4O2/c7-2-1-4-6-5-3(2)8;1-2(3)4/h1H;1H3,(H,3,4). The molecule has 64 valence electrons. The van der Waals surface area contributed by atoms with Gasteiger partial charge in [-0.3, -0.25) is 14.4 Å². The van der Waals surface area contributed by atoms with Crippen LogP contribution in [-0.2, 0) is 14.4 Å². The number of hydrogen-bond donors (Lipinski definition) is 1. The van der Waals surface area contributed by atoms with Crippen molar-refractivity contribution in [3.8, 4) is 0 Å². The summed E-state index contributed by atoms with van der Waals surface area (Å²) in [6, 6.07) is 0. The average Bonchev–Trinajstić information content (AvgIpc) is 1.94. The molecule has 0 aliphatic carbocycles. The molecule has 0 saturated carbocycles. The third kappa shape index (κ3) is 4.91. The van der Waals surface area contributed by atoms with E-state index in [1.165, 1.54) is 0 Å². The lowest BCUT2D eigenvalue weighted by atomic mass is 10.4. The SMILES string of the molecule is CC(=O)O.O=C1C=NN=NC1=O. The van der Waals surface area contributed by atoms with Crippen LogP contribution in [0.2, 0.25) is 0 Å². The molecule has 12 heavy (non-hydrogen) atoms. The molecule has 0 fully saturated rings. The Balaban J connectivity index is 0.000000261. The third-order valence-electron chi connectivity index (χ3n) is 0.573. The molecule has 0 aromatic carbocycles. The van der Waals surface area contributed by atoms with Crippen molar-refractivity contribution in [2.75, 3.05) is 0 Å². The van der Waals surface area contributed by atoms with Gasteiger partial charge >= 0.3 is 5.91 Å². The molecule has 1 aliphatic heterocycles. The number of amides is 1. The van der Waals surface area contributed by atoms with Gasteiger partial charge in [-0.25, -0.2) is 0 Å². The summed E-state index contributed by atoms with van der Waals surface area (Å²) >= 11 is 0. The minimum Gasteiger partial charge on any atom is -0.481 e. The van der Waals surface area contributed by atoms with E-state index in [-0.39, 0.29) is 0 Å². The Hall–Kier alpha value is -1.92. The number of carbonyl (C=O) groups is 3. The van der Waals surface area contributed by atoms with Gasteiger partial charge in [0.05, 0.1) is 0 Å². The summed E-state index contributed by atoms with van der Waals surface area (Å²) in [5, 5.41) is 16.3. The molecule has 7 heteroatoms. The van der Waals surface area contributed by atoms with Gasteiger partial charge in [0.1, 0.15) is 6.21 Å². The third-order valence-corrected chi connectivity index (χ3v) is 0.573. The Labute approximate surface area is 66.8 Å². The molecule has 0 aromatic heterocycles. The molecule has 0 spiro atoms. The maximum Gasteiger partial charge on any atom is 0.338 e. The van der Waals surface area contributed by atoms with Crippen LogP contribution in [0.1, 0.15) is 6.92 Å². The number of carboxylic acids is 1. The lowest BCUT2D eigenvalue weighted by molar-refractivity contribution is -0.134. The van der Waals surface area contributed by atoms with E-state index in [1.807, 2.05) is 0 Å². The largest absolute Gasteiger partial charge is 0.481 e. The van der Waals surface area contributed by atoms with Gasteiger partial charge in [0, 0.05) is 6.92 Å². The van der Waals surface area contributed by atoms with E-state index in [0.717, 1.165) is 13.1 Å². The van der Waals surface area contributed by atoms with Gasteiger partial charge in [-0.2, -0.15) is 0 Å². The van der Waals surface area contributed by atoms with Crippen LogP contribution in [0.3, 0.4) is 0 Å². The molecule has 1 amide bonds. The fraction of sp³-hybridized carbons (Fsp3) is 0.200. The number of ketones is 1. The minimum atomic E-state index is -0.861. The van der Waals surface area contributed by atoms with Crippen LogP contribution in [0.4, 0.5) is 0 Å². The van der Waals surface area contributed by atoms with E-state index in [2.05, 4.69) is 15.4 Å². The van der Waals surface area contributed by atoms with Crippen molar-refractivity contribution in [2.24, 2.45) is 15.4 Å². The zero-order valence-electron chi connectivity index (χ0n) is 6.09. The van der Waals surface area contributed by atoms with Crippen LogP contribution in [0.5, 0.6) is 0 Å². The van der Waals surface area contributed by atoms with Crippen LogP contribution in [0.25, 0.3) is 0 Å². The monoisotopic (exact) mass is 171 g/mol. The molecule has 0 saturated heterocycles. The molecular formula is C5H5N3O4. The van der Waals surface area contributed by atoms with E-state index in [9.17, 15) is 9.59 Å². The lowest BCUT2D eigenvalue weighted by Gasteiger charge is -1.85. The fourth-order valence-corrected chi connectivity index (χ4v) is 0.249. The second kappa shape index (κ2) is 4.83. The number of carboxylic acid groups (broad SMARTS) is 1. The van der Waals surface area contributed by atoms with Crippen molar-refractivity contribution in [2.45, 2.75) is 6.92 Å². The Kier molecular flexibility index (Phi) is 4.06. The van der Waals surface area contributed by atoms with Crippen LogP contribution in [-0.4, -0.2) is 29.0 Å². The fourth-order valence-electron chi connectivity index (χ4n) is 0.249. The number of Topliss-reactive ketones (excluding diaryl/α,β-unsaturated/α-hetero) is 1. The predicted octanol–water partition coefficient (Wildman–Crippen LogP) is -0.375. The molecule has 1 rings (SSSR count). The second-order valence-corrected chi connectivity index (χ2v) is 1.62. The van der Waals surface area contributed by atoms with Gasteiger partial charge in [-0.05, 0) is 5.22 Å². The zero-order chi connectivity index (χ0) is 9.56. The first kappa shape index (κ1) is 10.1. The van der Waals surface area contributed by atoms with Crippen molar-refractivity contribution < 1.29 is 19.5 Å². The number of aliphatic carboxylic acids is 1. The first-order chi connectivity index (χ1) is 5.54. The predicted molar refractivity (Wildman–Crippen MR) is 36.7 cm³/mol. The molecule has 0 bridgehead atoms. The van der Waals surface area contributed by atoms with Crippen molar-refractivity contribution in [3.63, 3.8) is 0 Å². The minimum absolute atomic E-state index is 0.722. The summed E-state index contributed by atoms with van der Waals surface area (Å²) in [5.74, 6) is -2.42. The first-order valence-corrected chi connectivity index (χ1v) is 2.76. The first-order valence-electron chi connectivity index (χ1n) is 2.76. The number of rotatable bonds is 0. The summed E-state index contributed by atoms with van der Waals surface area (Å²) in [6.07, 6.45) is 0.829. The molecule has 0 unspecified atom stereocenters. The van der Waals surface area contributed by atoms with E-state index in [4.69, 9.17) is 9.90 Å². The van der Waals surface area contributed by atoms with E-state index < -0.39 is 17.7 Å². The number of carbonyl (C=O) groups excluding carboxylic acids is 2. The van der Waals surface area contributed by atoms with Crippen molar-refractivity contribution >= 4 is 23.9 Å². The highest BCUT2D eigenvalue weighted by molar-refractivity contribution is 6.58. The van der Waals surface area contributed by atoms with E-state index in [1.54, 1.807) is 0 Å². The number of nitrogens with zero attached hydrogens (tertiary/aromatic N) is 3. The van der Waals surface area contributed by atoms with Gasteiger partial charge < -0.3 is 5.11 Å². The molecular weight excluding hydrogens is 166 g/mol. The van der Waals surface area contributed by atoms with Gasteiger partial charge in [0.25, 0.3) is 11.8 Å². The molecule has 1 aliphatic rings. The molecule has 1 N–H and O–H groups in total. The highest BCUT2D eigenvalue weighted by atomic mass is 16.4. The quantitative estimate of drug-likeness (QED) is 0.501. The lowest BCUT2D eigenvalue weighted by Crippen LogP contribution is -2.13. The average molecular weight is 171 g/mol. The van der Waals surface area contributed by atoms with Gasteiger partial charge in [-0.15, -0.1) is 5.10 Å². The maximum atomic E-state index is 10.1. The Bertz CT molecular complexity index is 242. The topological polar surface area (TPSA) is 109 Å². The Morgan fingerprint density at radius 2 is 2.00 bits per heavy atom. The Morgan fingerprint density at radius 1 is 1.50 bits per heavy atom. The summed E-state index contributed by atoms with van der Waals surface area (Å²) in [4.78, 5) is 29.2. The van der Waals surface area contributed by atoms with E-state index in [0.29, 0.717) is 0 Å².